The molecule has 2 unspecified atom stereocenters. The summed E-state index contributed by atoms with van der Waals surface area (Å²) in [5.41, 5.74) is 0. The smallest absolute Gasteiger partial charge is 0.191 e. The lowest BCUT2D eigenvalue weighted by atomic mass is 10.0. The summed E-state index contributed by atoms with van der Waals surface area (Å²) in [7, 11) is 1.86. The molecule has 100 valence electrons. The second-order valence-electron chi connectivity index (χ2n) is 4.58. The van der Waals surface area contributed by atoms with Gasteiger partial charge in [0.2, 0.25) is 0 Å². The molecule has 1 saturated heterocycles. The Labute approximate surface area is 112 Å². The number of rotatable bonds is 4. The molecule has 2 atom stereocenters. The molecule has 0 aliphatic carbocycles. The van der Waals surface area contributed by atoms with Crippen molar-refractivity contribution < 1.29 is 5.11 Å². The maximum Gasteiger partial charge on any atom is 0.191 e. The Balaban J connectivity index is 2.18. The minimum Gasteiger partial charge on any atom is -0.393 e. The zero-order valence-corrected chi connectivity index (χ0v) is 11.9. The third-order valence-corrected chi connectivity index (χ3v) is 3.91. The molecule has 0 radical (unpaired) electrons. The summed E-state index contributed by atoms with van der Waals surface area (Å²) in [5, 5.41) is 13.5. The Morgan fingerprint density at radius 2 is 2.33 bits per heavy atom. The molecular formula is C12H20N4OS. The van der Waals surface area contributed by atoms with Crippen LogP contribution in [0.4, 0.5) is 11.6 Å². The number of hydrogen-bond acceptors (Lipinski definition) is 6. The van der Waals surface area contributed by atoms with Crippen LogP contribution in [0.2, 0.25) is 0 Å². The van der Waals surface area contributed by atoms with E-state index in [2.05, 4.69) is 20.2 Å². The first kappa shape index (κ1) is 13.4. The summed E-state index contributed by atoms with van der Waals surface area (Å²) in [6.45, 7) is 3.68. The van der Waals surface area contributed by atoms with Crippen molar-refractivity contribution in [3.8, 4) is 0 Å². The number of thioether (sulfide) groups is 1. The molecule has 0 saturated carbocycles. The predicted octanol–water partition coefficient (Wildman–Crippen LogP) is 1.45. The maximum absolute atomic E-state index is 9.64. The fourth-order valence-electron chi connectivity index (χ4n) is 2.18. The molecule has 18 heavy (non-hydrogen) atoms. The van der Waals surface area contributed by atoms with Gasteiger partial charge in [0.05, 0.1) is 6.10 Å². The fourth-order valence-corrected chi connectivity index (χ4v) is 2.56. The highest BCUT2D eigenvalue weighted by Crippen LogP contribution is 2.27. The number of hydrogen-bond donors (Lipinski definition) is 2. The number of aromatic nitrogens is 2. The predicted molar refractivity (Wildman–Crippen MR) is 75.4 cm³/mol. The zero-order chi connectivity index (χ0) is 13.1. The Hall–Kier alpha value is -1.01. The van der Waals surface area contributed by atoms with E-state index in [0.29, 0.717) is 5.92 Å². The van der Waals surface area contributed by atoms with Gasteiger partial charge in [-0.25, -0.2) is 9.97 Å². The van der Waals surface area contributed by atoms with Crippen LogP contribution in [0.5, 0.6) is 0 Å². The molecule has 5 nitrogen and oxygen atoms in total. The minimum atomic E-state index is -0.249. The first-order valence-electron chi connectivity index (χ1n) is 6.18. The van der Waals surface area contributed by atoms with Crippen molar-refractivity contribution in [3.63, 3.8) is 0 Å². The summed E-state index contributed by atoms with van der Waals surface area (Å²) in [5.74, 6) is 2.13. The number of aliphatic hydroxyl groups is 1. The molecule has 1 aliphatic heterocycles. The largest absolute Gasteiger partial charge is 0.393 e. The second-order valence-corrected chi connectivity index (χ2v) is 5.36. The first-order valence-corrected chi connectivity index (χ1v) is 7.40. The van der Waals surface area contributed by atoms with Gasteiger partial charge in [-0.3, -0.25) is 0 Å². The van der Waals surface area contributed by atoms with Crippen LogP contribution >= 0.6 is 11.8 Å². The van der Waals surface area contributed by atoms with Gasteiger partial charge >= 0.3 is 0 Å². The fraction of sp³-hybridized carbons (Fsp3) is 0.667. The lowest BCUT2D eigenvalue weighted by Crippen LogP contribution is -2.24. The molecule has 0 amide bonds. The SMILES string of the molecule is CNc1cc(N2CCC(C(C)O)C2)nc(SC)n1. The third-order valence-electron chi connectivity index (χ3n) is 3.36. The van der Waals surface area contributed by atoms with Gasteiger partial charge in [0, 0.05) is 32.1 Å². The van der Waals surface area contributed by atoms with Gasteiger partial charge in [0.15, 0.2) is 5.16 Å². The maximum atomic E-state index is 9.64. The van der Waals surface area contributed by atoms with E-state index in [4.69, 9.17) is 0 Å². The van der Waals surface area contributed by atoms with Gasteiger partial charge in [0.25, 0.3) is 0 Å². The van der Waals surface area contributed by atoms with Gasteiger partial charge in [-0.15, -0.1) is 0 Å². The molecule has 1 aromatic heterocycles. The summed E-state index contributed by atoms with van der Waals surface area (Å²) < 4.78 is 0. The van der Waals surface area contributed by atoms with Gasteiger partial charge < -0.3 is 15.3 Å². The van der Waals surface area contributed by atoms with E-state index in [9.17, 15) is 5.11 Å². The van der Waals surface area contributed by atoms with Crippen molar-refractivity contribution >= 4 is 23.4 Å². The molecule has 2 rings (SSSR count). The highest BCUT2D eigenvalue weighted by molar-refractivity contribution is 7.98. The standard InChI is InChI=1S/C12H20N4OS/c1-8(17)9-4-5-16(7-9)11-6-10(13-2)14-12(15-11)18-3/h6,8-9,17H,4-5,7H2,1-3H3,(H,13,14,15). The number of anilines is 2. The first-order chi connectivity index (χ1) is 8.63. The highest BCUT2D eigenvalue weighted by Gasteiger charge is 2.27. The Bertz CT molecular complexity index is 391. The Morgan fingerprint density at radius 3 is 2.89 bits per heavy atom. The van der Waals surface area contributed by atoms with Crippen LogP contribution in [-0.4, -0.2) is 47.6 Å². The molecule has 0 bridgehead atoms. The van der Waals surface area contributed by atoms with Crippen LogP contribution in [0.15, 0.2) is 11.2 Å². The zero-order valence-electron chi connectivity index (χ0n) is 11.1. The van der Waals surface area contributed by atoms with Crippen LogP contribution < -0.4 is 10.2 Å². The van der Waals surface area contributed by atoms with Crippen LogP contribution in [0.25, 0.3) is 0 Å². The average Bonchev–Trinajstić information content (AvgIpc) is 2.87. The second kappa shape index (κ2) is 5.75. The van der Waals surface area contributed by atoms with Crippen molar-refractivity contribution in [3.05, 3.63) is 6.07 Å². The number of aliphatic hydroxyl groups excluding tert-OH is 1. The third kappa shape index (κ3) is 2.87. The average molecular weight is 268 g/mol. The molecular weight excluding hydrogens is 248 g/mol. The van der Waals surface area contributed by atoms with E-state index in [1.807, 2.05) is 26.3 Å². The Morgan fingerprint density at radius 1 is 1.56 bits per heavy atom. The van der Waals surface area contributed by atoms with E-state index in [1.54, 1.807) is 11.8 Å². The van der Waals surface area contributed by atoms with Gasteiger partial charge in [-0.2, -0.15) is 0 Å². The number of nitrogens with one attached hydrogen (secondary N) is 1. The van der Waals surface area contributed by atoms with Gasteiger partial charge in [0.1, 0.15) is 11.6 Å². The van der Waals surface area contributed by atoms with Crippen molar-refractivity contribution in [2.45, 2.75) is 24.6 Å². The van der Waals surface area contributed by atoms with Crippen molar-refractivity contribution in [1.29, 1.82) is 0 Å². The highest BCUT2D eigenvalue weighted by atomic mass is 32.2. The molecule has 6 heteroatoms. The summed E-state index contributed by atoms with van der Waals surface area (Å²) >= 11 is 1.54. The Kier molecular flexibility index (Phi) is 4.29. The topological polar surface area (TPSA) is 61.3 Å². The van der Waals surface area contributed by atoms with E-state index in [1.165, 1.54) is 0 Å². The van der Waals surface area contributed by atoms with Crippen molar-refractivity contribution in [1.82, 2.24) is 9.97 Å². The normalized spacial score (nSPS) is 21.1. The molecule has 1 aliphatic rings. The van der Waals surface area contributed by atoms with E-state index >= 15 is 0 Å². The molecule has 1 fully saturated rings. The lowest BCUT2D eigenvalue weighted by Gasteiger charge is -2.19. The molecule has 2 heterocycles. The summed E-state index contributed by atoms with van der Waals surface area (Å²) in [6.07, 6.45) is 2.74. The van der Waals surface area contributed by atoms with Crippen LogP contribution in [0.1, 0.15) is 13.3 Å². The van der Waals surface area contributed by atoms with E-state index in [0.717, 1.165) is 36.3 Å². The molecule has 2 N–H and O–H groups in total. The van der Waals surface area contributed by atoms with E-state index < -0.39 is 0 Å². The lowest BCUT2D eigenvalue weighted by molar-refractivity contribution is 0.136. The van der Waals surface area contributed by atoms with Gasteiger partial charge in [-0.05, 0) is 19.6 Å². The van der Waals surface area contributed by atoms with Crippen LogP contribution in [0.3, 0.4) is 0 Å². The van der Waals surface area contributed by atoms with Gasteiger partial charge in [-0.1, -0.05) is 11.8 Å². The molecule has 0 aromatic carbocycles. The number of nitrogens with zero attached hydrogens (tertiary/aromatic N) is 3. The monoisotopic (exact) mass is 268 g/mol. The van der Waals surface area contributed by atoms with Crippen LogP contribution in [0, 0.1) is 5.92 Å². The molecule has 0 spiro atoms. The van der Waals surface area contributed by atoms with Crippen molar-refractivity contribution in [2.24, 2.45) is 5.92 Å². The van der Waals surface area contributed by atoms with Crippen molar-refractivity contribution in [2.75, 3.05) is 36.6 Å². The van der Waals surface area contributed by atoms with Crippen LogP contribution in [-0.2, 0) is 0 Å². The molecule has 1 aromatic rings. The minimum absolute atomic E-state index is 0.249. The summed E-state index contributed by atoms with van der Waals surface area (Å²) in [4.78, 5) is 11.1. The summed E-state index contributed by atoms with van der Waals surface area (Å²) in [6, 6.07) is 1.96. The quantitative estimate of drug-likeness (QED) is 0.636. The van der Waals surface area contributed by atoms with E-state index in [-0.39, 0.29) is 6.10 Å².